The van der Waals surface area contributed by atoms with Crippen LogP contribution in [-0.4, -0.2) is 27.6 Å². The minimum absolute atomic E-state index is 0.0413. The van der Waals surface area contributed by atoms with Crippen LogP contribution in [0.4, 0.5) is 5.69 Å². The number of carbonyl (C=O) groups excluding carboxylic acids is 1. The summed E-state index contributed by atoms with van der Waals surface area (Å²) in [7, 11) is 0. The van der Waals surface area contributed by atoms with E-state index in [1.54, 1.807) is 0 Å². The first-order chi connectivity index (χ1) is 6.59. The van der Waals surface area contributed by atoms with E-state index in [4.69, 9.17) is 14.9 Å². The number of aliphatic hydroxyl groups is 1. The molecule has 1 atom stereocenters. The van der Waals surface area contributed by atoms with E-state index in [2.05, 4.69) is 0 Å². The Morgan fingerprint density at radius 3 is 2.86 bits per heavy atom. The summed E-state index contributed by atoms with van der Waals surface area (Å²) in [5, 5.41) is 27.6. The van der Waals surface area contributed by atoms with Crippen LogP contribution in [-0.2, 0) is 4.79 Å². The summed E-state index contributed by atoms with van der Waals surface area (Å²) < 4.78 is 4.74. The van der Waals surface area contributed by atoms with Crippen molar-refractivity contribution in [2.75, 3.05) is 5.06 Å². The third kappa shape index (κ3) is 1.17. The van der Waals surface area contributed by atoms with E-state index < -0.39 is 12.2 Å². The van der Waals surface area contributed by atoms with E-state index in [1.165, 1.54) is 18.2 Å². The molecule has 1 aromatic rings. The largest absolute Gasteiger partial charge is 0.508 e. The first-order valence-electron chi connectivity index (χ1n) is 3.80. The molecule has 0 spiro atoms. The number of nitrogens with zero attached hydrogens (tertiary/aromatic N) is 1. The topological polar surface area (TPSA) is 90.2 Å². The molecular formula is C8H7NO5. The molecule has 0 aliphatic carbocycles. The highest BCUT2D eigenvalue weighted by atomic mass is 16.6. The smallest absolute Gasteiger partial charge is 0.320 e. The number of hydrogen-bond acceptors (Lipinski definition) is 5. The van der Waals surface area contributed by atoms with Crippen molar-refractivity contribution in [2.45, 2.75) is 6.29 Å². The lowest BCUT2D eigenvalue weighted by atomic mass is 10.2. The monoisotopic (exact) mass is 197 g/mol. The minimum atomic E-state index is -1.74. The number of benzene rings is 1. The van der Waals surface area contributed by atoms with Gasteiger partial charge in [0, 0.05) is 6.07 Å². The Hall–Kier alpha value is -1.79. The molecule has 6 nitrogen and oxygen atoms in total. The number of rotatable bonds is 0. The van der Waals surface area contributed by atoms with Gasteiger partial charge in [0.25, 0.3) is 6.29 Å². The van der Waals surface area contributed by atoms with Crippen LogP contribution in [0, 0.1) is 0 Å². The molecule has 1 amide bonds. The highest BCUT2D eigenvalue weighted by molar-refractivity contribution is 5.96. The van der Waals surface area contributed by atoms with Crippen LogP contribution in [0.5, 0.6) is 11.5 Å². The number of hydrogen-bond donors (Lipinski definition) is 3. The van der Waals surface area contributed by atoms with Gasteiger partial charge in [-0.1, -0.05) is 0 Å². The molecule has 0 fully saturated rings. The normalized spacial score (nSPS) is 20.3. The van der Waals surface area contributed by atoms with Crippen LogP contribution in [0.3, 0.4) is 0 Å². The summed E-state index contributed by atoms with van der Waals surface area (Å²) in [6.45, 7) is 0. The molecule has 0 bridgehead atoms. The third-order valence-corrected chi connectivity index (χ3v) is 1.83. The van der Waals surface area contributed by atoms with Crippen LogP contribution in [0.2, 0.25) is 0 Å². The van der Waals surface area contributed by atoms with Gasteiger partial charge in [0.05, 0.1) is 0 Å². The number of fused-ring (bicyclic) bond motifs is 1. The average molecular weight is 197 g/mol. The van der Waals surface area contributed by atoms with Crippen molar-refractivity contribution < 1.29 is 25.0 Å². The van der Waals surface area contributed by atoms with E-state index in [1.807, 2.05) is 0 Å². The zero-order valence-corrected chi connectivity index (χ0v) is 6.91. The molecule has 3 N–H and O–H groups in total. The average Bonchev–Trinajstić information content (AvgIpc) is 2.14. The zero-order valence-electron chi connectivity index (χ0n) is 6.91. The number of aromatic hydroxyl groups is 1. The first-order valence-corrected chi connectivity index (χ1v) is 3.80. The van der Waals surface area contributed by atoms with E-state index >= 15 is 0 Å². The Bertz CT molecular complexity index is 391. The number of hydroxylamine groups is 1. The second kappa shape index (κ2) is 2.86. The molecule has 0 radical (unpaired) electrons. The first kappa shape index (κ1) is 8.79. The van der Waals surface area contributed by atoms with Crippen molar-refractivity contribution in [1.82, 2.24) is 0 Å². The van der Waals surface area contributed by atoms with Crippen LogP contribution in [0.25, 0.3) is 0 Å². The Balaban J connectivity index is 2.50. The number of anilines is 1. The lowest BCUT2D eigenvalue weighted by Gasteiger charge is -2.26. The van der Waals surface area contributed by atoms with Gasteiger partial charge in [-0.15, -0.1) is 0 Å². The van der Waals surface area contributed by atoms with Gasteiger partial charge >= 0.3 is 5.91 Å². The fourth-order valence-corrected chi connectivity index (χ4v) is 1.17. The maximum atomic E-state index is 11.0. The molecule has 1 aliphatic rings. The maximum absolute atomic E-state index is 11.0. The van der Waals surface area contributed by atoms with Gasteiger partial charge in [0.2, 0.25) is 0 Å². The molecule has 1 heterocycles. The Kier molecular flexibility index (Phi) is 1.80. The van der Waals surface area contributed by atoms with Crippen LogP contribution in [0.15, 0.2) is 18.2 Å². The Morgan fingerprint density at radius 1 is 1.43 bits per heavy atom. The van der Waals surface area contributed by atoms with E-state index in [-0.39, 0.29) is 22.2 Å². The van der Waals surface area contributed by atoms with E-state index in [0.29, 0.717) is 0 Å². The second-order valence-electron chi connectivity index (χ2n) is 2.77. The number of aliphatic hydroxyl groups excluding tert-OH is 1. The zero-order chi connectivity index (χ0) is 10.3. The quantitative estimate of drug-likeness (QED) is 0.502. The van der Waals surface area contributed by atoms with Crippen LogP contribution < -0.4 is 9.80 Å². The molecular weight excluding hydrogens is 190 g/mol. The highest BCUT2D eigenvalue weighted by Gasteiger charge is 2.32. The predicted octanol–water partition coefficient (Wildman–Crippen LogP) is -0.175. The fourth-order valence-electron chi connectivity index (χ4n) is 1.17. The SMILES string of the molecule is O=C1C(O)Oc2cc(O)ccc2N1O. The highest BCUT2D eigenvalue weighted by Crippen LogP contribution is 2.34. The summed E-state index contributed by atoms with van der Waals surface area (Å²) in [5.41, 5.74) is 0.0816. The molecule has 14 heavy (non-hydrogen) atoms. The molecule has 6 heteroatoms. The summed E-state index contributed by atoms with van der Waals surface area (Å²) >= 11 is 0. The van der Waals surface area contributed by atoms with Crippen molar-refractivity contribution in [1.29, 1.82) is 0 Å². The van der Waals surface area contributed by atoms with Gasteiger partial charge in [-0.2, -0.15) is 5.06 Å². The van der Waals surface area contributed by atoms with Crippen molar-refractivity contribution in [2.24, 2.45) is 0 Å². The van der Waals surface area contributed by atoms with Crippen LogP contribution in [0.1, 0.15) is 0 Å². The van der Waals surface area contributed by atoms with Crippen molar-refractivity contribution in [3.8, 4) is 11.5 Å². The van der Waals surface area contributed by atoms with Crippen molar-refractivity contribution in [3.05, 3.63) is 18.2 Å². The van der Waals surface area contributed by atoms with Gasteiger partial charge in [-0.3, -0.25) is 10.0 Å². The molecule has 2 rings (SSSR count). The van der Waals surface area contributed by atoms with Gasteiger partial charge in [0.1, 0.15) is 11.4 Å². The second-order valence-corrected chi connectivity index (χ2v) is 2.77. The van der Waals surface area contributed by atoms with Crippen molar-refractivity contribution >= 4 is 11.6 Å². The fraction of sp³-hybridized carbons (Fsp3) is 0.125. The number of amides is 1. The molecule has 1 aromatic carbocycles. The molecule has 0 saturated heterocycles. The Morgan fingerprint density at radius 2 is 2.14 bits per heavy atom. The molecule has 0 aromatic heterocycles. The van der Waals surface area contributed by atoms with Gasteiger partial charge in [0.15, 0.2) is 5.75 Å². The molecule has 1 unspecified atom stereocenters. The van der Waals surface area contributed by atoms with Gasteiger partial charge in [-0.05, 0) is 12.1 Å². The van der Waals surface area contributed by atoms with Gasteiger partial charge in [-0.25, -0.2) is 0 Å². The van der Waals surface area contributed by atoms with E-state index in [9.17, 15) is 10.0 Å². The third-order valence-electron chi connectivity index (χ3n) is 1.83. The van der Waals surface area contributed by atoms with Crippen LogP contribution >= 0.6 is 0 Å². The maximum Gasteiger partial charge on any atom is 0.320 e. The minimum Gasteiger partial charge on any atom is -0.508 e. The lowest BCUT2D eigenvalue weighted by Crippen LogP contribution is -2.43. The lowest BCUT2D eigenvalue weighted by molar-refractivity contribution is -0.148. The van der Waals surface area contributed by atoms with E-state index in [0.717, 1.165) is 0 Å². The summed E-state index contributed by atoms with van der Waals surface area (Å²) in [6.07, 6.45) is -1.74. The number of carbonyl (C=O) groups is 1. The molecule has 74 valence electrons. The number of ether oxygens (including phenoxy) is 1. The number of phenols is 1. The summed E-state index contributed by atoms with van der Waals surface area (Å²) in [6, 6.07) is 3.78. The standard InChI is InChI=1S/C8H7NO5/c10-4-1-2-5-6(3-4)14-8(12)7(11)9(5)13/h1-3,8,10,12-13H. The van der Waals surface area contributed by atoms with Gasteiger partial charge < -0.3 is 14.9 Å². The summed E-state index contributed by atoms with van der Waals surface area (Å²) in [4.78, 5) is 11.0. The van der Waals surface area contributed by atoms with Crippen molar-refractivity contribution in [3.63, 3.8) is 0 Å². The number of phenolic OH excluding ortho intramolecular Hbond substituents is 1. The summed E-state index contributed by atoms with van der Waals surface area (Å²) in [5.74, 6) is -1.01. The molecule has 0 saturated carbocycles. The Labute approximate surface area is 78.5 Å². The predicted molar refractivity (Wildman–Crippen MR) is 44.0 cm³/mol. The molecule has 1 aliphatic heterocycles.